The molecule has 2 aliphatic heterocycles. The number of halogens is 1. The number of ether oxygens (including phenoxy) is 1. The second-order valence-electron chi connectivity index (χ2n) is 9.03. The second-order valence-corrected chi connectivity index (χ2v) is 9.03. The number of rotatable bonds is 6. The Balaban J connectivity index is 1.44. The minimum Gasteiger partial charge on any atom is -0.389 e. The zero-order valence-corrected chi connectivity index (χ0v) is 18.8. The zero-order valence-electron chi connectivity index (χ0n) is 18.8. The molecule has 9 nitrogen and oxygen atoms in total. The van der Waals surface area contributed by atoms with Gasteiger partial charge in [0.05, 0.1) is 25.4 Å². The molecule has 0 aromatic heterocycles. The van der Waals surface area contributed by atoms with Gasteiger partial charge in [-0.3, -0.25) is 19.8 Å². The van der Waals surface area contributed by atoms with E-state index in [-0.39, 0.29) is 30.8 Å². The highest BCUT2D eigenvalue weighted by atomic mass is 19.1. The van der Waals surface area contributed by atoms with E-state index < -0.39 is 29.4 Å². The first-order valence-electron chi connectivity index (χ1n) is 11.5. The number of hydrogen-bond acceptors (Lipinski definition) is 6. The number of morpholine rings is 1. The van der Waals surface area contributed by atoms with Crippen molar-refractivity contribution in [3.63, 3.8) is 0 Å². The molecule has 4 atom stereocenters. The Morgan fingerprint density at radius 3 is 2.58 bits per heavy atom. The highest BCUT2D eigenvalue weighted by molar-refractivity contribution is 6.07. The molecule has 0 radical (unpaired) electrons. The third-order valence-electron chi connectivity index (χ3n) is 7.19. The van der Waals surface area contributed by atoms with Gasteiger partial charge in [-0.2, -0.15) is 0 Å². The summed E-state index contributed by atoms with van der Waals surface area (Å²) in [6.07, 6.45) is 1.80. The summed E-state index contributed by atoms with van der Waals surface area (Å²) in [6.45, 7) is 2.81. The lowest BCUT2D eigenvalue weighted by Crippen LogP contribution is -2.58. The van der Waals surface area contributed by atoms with Crippen LogP contribution in [0.15, 0.2) is 24.3 Å². The number of aliphatic hydroxyl groups is 1. The monoisotopic (exact) mass is 462 g/mol. The molecular weight excluding hydrogens is 431 g/mol. The molecule has 3 N–H and O–H groups in total. The van der Waals surface area contributed by atoms with Crippen molar-refractivity contribution in [1.82, 2.24) is 20.4 Å². The lowest BCUT2D eigenvalue weighted by molar-refractivity contribution is -0.139. The van der Waals surface area contributed by atoms with Crippen molar-refractivity contribution < 1.29 is 28.6 Å². The molecule has 33 heavy (non-hydrogen) atoms. The third-order valence-corrected chi connectivity index (χ3v) is 7.19. The number of carbonyl (C=O) groups is 3. The van der Waals surface area contributed by atoms with E-state index in [0.717, 1.165) is 25.9 Å². The van der Waals surface area contributed by atoms with Gasteiger partial charge >= 0.3 is 6.03 Å². The standard InChI is InChI=1S/C23H31FN4O5/c1-27(17-3-2-4-18(20(17)30)28-11-13-33-14-12-28)19(29)9-10-23(21(31)25-22(32)26-23)15-5-7-16(24)8-6-15/h5-8,17-18,20,30H,2-4,9-14H2,1H3,(H2,25,26,31,32)/t17-,18-,20-,23?/m1/s1. The molecule has 1 aromatic carbocycles. The molecule has 10 heteroatoms. The summed E-state index contributed by atoms with van der Waals surface area (Å²) in [7, 11) is 1.68. The van der Waals surface area contributed by atoms with E-state index in [0.29, 0.717) is 25.2 Å². The Morgan fingerprint density at radius 1 is 1.24 bits per heavy atom. The summed E-state index contributed by atoms with van der Waals surface area (Å²) in [5.74, 6) is -1.26. The quantitative estimate of drug-likeness (QED) is 0.537. The van der Waals surface area contributed by atoms with Crippen LogP contribution in [0.3, 0.4) is 0 Å². The Hall–Kier alpha value is -2.56. The molecule has 2 saturated heterocycles. The number of urea groups is 1. The molecule has 180 valence electrons. The molecule has 4 rings (SSSR count). The van der Waals surface area contributed by atoms with Crippen LogP contribution in [0.25, 0.3) is 0 Å². The van der Waals surface area contributed by atoms with E-state index in [1.54, 1.807) is 11.9 Å². The first-order chi connectivity index (χ1) is 15.8. The summed E-state index contributed by atoms with van der Waals surface area (Å²) >= 11 is 0. The summed E-state index contributed by atoms with van der Waals surface area (Å²) in [5.41, 5.74) is -1.03. The number of aliphatic hydroxyl groups excluding tert-OH is 1. The van der Waals surface area contributed by atoms with Gasteiger partial charge in [0.15, 0.2) is 0 Å². The van der Waals surface area contributed by atoms with E-state index in [4.69, 9.17) is 4.74 Å². The first kappa shape index (κ1) is 23.6. The summed E-state index contributed by atoms with van der Waals surface area (Å²) in [4.78, 5) is 41.5. The number of nitrogens with zero attached hydrogens (tertiary/aromatic N) is 2. The molecule has 1 saturated carbocycles. The predicted molar refractivity (Wildman–Crippen MR) is 117 cm³/mol. The average Bonchev–Trinajstić information content (AvgIpc) is 3.12. The lowest BCUT2D eigenvalue weighted by atomic mass is 9.84. The number of likely N-dealkylation sites (N-methyl/N-ethyl adjacent to an activating group) is 1. The van der Waals surface area contributed by atoms with Crippen molar-refractivity contribution in [2.75, 3.05) is 33.4 Å². The summed E-state index contributed by atoms with van der Waals surface area (Å²) in [6, 6.07) is 4.31. The van der Waals surface area contributed by atoms with Gasteiger partial charge in [0.1, 0.15) is 11.4 Å². The normalized spacial score (nSPS) is 30.6. The van der Waals surface area contributed by atoms with Crippen LogP contribution in [-0.4, -0.2) is 84.3 Å². The second kappa shape index (κ2) is 9.74. The molecule has 1 unspecified atom stereocenters. The SMILES string of the molecule is CN(C(=O)CCC1(c2ccc(F)cc2)NC(=O)NC1=O)[C@@H]1CCC[C@@H](N2CCOCC2)[C@@H]1O. The van der Waals surface area contributed by atoms with Crippen molar-refractivity contribution >= 4 is 17.8 Å². The van der Waals surface area contributed by atoms with Gasteiger partial charge in [-0.05, 0) is 43.4 Å². The molecule has 1 aliphatic carbocycles. The maximum atomic E-state index is 13.4. The van der Waals surface area contributed by atoms with Crippen molar-refractivity contribution in [2.24, 2.45) is 0 Å². The number of nitrogens with one attached hydrogen (secondary N) is 2. The molecule has 3 fully saturated rings. The summed E-state index contributed by atoms with van der Waals surface area (Å²) < 4.78 is 18.8. The zero-order chi connectivity index (χ0) is 23.6. The van der Waals surface area contributed by atoms with Crippen molar-refractivity contribution in [1.29, 1.82) is 0 Å². The van der Waals surface area contributed by atoms with Crippen molar-refractivity contribution in [3.05, 3.63) is 35.6 Å². The fraction of sp³-hybridized carbons (Fsp3) is 0.609. The molecule has 2 heterocycles. The molecule has 3 aliphatic rings. The van der Waals surface area contributed by atoms with Gasteiger partial charge in [0.25, 0.3) is 5.91 Å². The molecular formula is C23H31FN4O5. The van der Waals surface area contributed by atoms with Crippen LogP contribution in [0.5, 0.6) is 0 Å². The van der Waals surface area contributed by atoms with Crippen LogP contribution >= 0.6 is 0 Å². The fourth-order valence-corrected chi connectivity index (χ4v) is 5.27. The van der Waals surface area contributed by atoms with Crippen LogP contribution in [-0.2, 0) is 19.9 Å². The Labute approximate surface area is 192 Å². The van der Waals surface area contributed by atoms with Crippen LogP contribution in [0.4, 0.5) is 9.18 Å². The molecule has 4 amide bonds. The van der Waals surface area contributed by atoms with E-state index in [9.17, 15) is 23.9 Å². The van der Waals surface area contributed by atoms with E-state index >= 15 is 0 Å². The predicted octanol–water partition coefficient (Wildman–Crippen LogP) is 0.713. The Kier molecular flexibility index (Phi) is 6.96. The van der Waals surface area contributed by atoms with Crippen LogP contribution in [0.2, 0.25) is 0 Å². The van der Waals surface area contributed by atoms with E-state index in [2.05, 4.69) is 15.5 Å². The third kappa shape index (κ3) is 4.73. The number of carbonyl (C=O) groups excluding carboxylic acids is 3. The molecule has 0 bridgehead atoms. The van der Waals surface area contributed by atoms with E-state index in [1.165, 1.54) is 24.3 Å². The van der Waals surface area contributed by atoms with Gasteiger partial charge < -0.3 is 20.1 Å². The Bertz CT molecular complexity index is 891. The number of imide groups is 1. The van der Waals surface area contributed by atoms with Gasteiger partial charge in [0.2, 0.25) is 5.91 Å². The average molecular weight is 463 g/mol. The molecule has 1 aromatic rings. The van der Waals surface area contributed by atoms with Gasteiger partial charge in [0, 0.05) is 32.6 Å². The van der Waals surface area contributed by atoms with Crippen LogP contribution in [0, 0.1) is 5.82 Å². The van der Waals surface area contributed by atoms with Crippen molar-refractivity contribution in [3.8, 4) is 0 Å². The number of hydrogen-bond donors (Lipinski definition) is 3. The maximum absolute atomic E-state index is 13.4. The highest BCUT2D eigenvalue weighted by Gasteiger charge is 2.48. The first-order valence-corrected chi connectivity index (χ1v) is 11.5. The lowest BCUT2D eigenvalue weighted by Gasteiger charge is -2.45. The van der Waals surface area contributed by atoms with Gasteiger partial charge in [-0.25, -0.2) is 9.18 Å². The maximum Gasteiger partial charge on any atom is 0.322 e. The highest BCUT2D eigenvalue weighted by Crippen LogP contribution is 2.32. The summed E-state index contributed by atoms with van der Waals surface area (Å²) in [5, 5.41) is 15.9. The molecule has 0 spiro atoms. The van der Waals surface area contributed by atoms with Crippen LogP contribution < -0.4 is 10.6 Å². The minimum atomic E-state index is -1.44. The van der Waals surface area contributed by atoms with Crippen molar-refractivity contribution in [2.45, 2.75) is 55.8 Å². The topological polar surface area (TPSA) is 111 Å². The minimum absolute atomic E-state index is 0.0200. The smallest absolute Gasteiger partial charge is 0.322 e. The number of amides is 4. The largest absolute Gasteiger partial charge is 0.389 e. The fourth-order valence-electron chi connectivity index (χ4n) is 5.27. The Morgan fingerprint density at radius 2 is 1.94 bits per heavy atom. The van der Waals surface area contributed by atoms with Crippen LogP contribution in [0.1, 0.15) is 37.7 Å². The van der Waals surface area contributed by atoms with Gasteiger partial charge in [-0.1, -0.05) is 12.1 Å². The number of benzene rings is 1. The van der Waals surface area contributed by atoms with E-state index in [1.807, 2.05) is 0 Å². The van der Waals surface area contributed by atoms with Gasteiger partial charge in [-0.15, -0.1) is 0 Å².